The minimum atomic E-state index is -0.905. The Morgan fingerprint density at radius 3 is 0.342 bits per heavy atom. The summed E-state index contributed by atoms with van der Waals surface area (Å²) in [6.45, 7) is 9.03. The van der Waals surface area contributed by atoms with E-state index in [0.29, 0.717) is 0 Å². The van der Waals surface area contributed by atoms with Gasteiger partial charge >= 0.3 is 23.9 Å². The van der Waals surface area contributed by atoms with Crippen LogP contribution >= 0.6 is 0 Å². The maximum absolute atomic E-state index is 10.2. The monoisotopic (exact) mass is 1140 g/mol. The fraction of sp³-hybridized carbons (Fsp3) is 0.938. The summed E-state index contributed by atoms with van der Waals surface area (Å²) >= 11 is 0. The first-order valence-electron chi connectivity index (χ1n) is 31.9. The summed E-state index contributed by atoms with van der Waals surface area (Å²) in [5, 5.41) is 40.8. The average Bonchev–Trinajstić information content (AvgIpc) is 3.35. The second-order valence-electron chi connectivity index (χ2n) is 21.5. The van der Waals surface area contributed by atoms with Crippen LogP contribution in [0.15, 0.2) is 0 Å². The molecule has 8 nitrogen and oxygen atoms in total. The van der Waals surface area contributed by atoms with Gasteiger partial charge in [-0.05, 0) is 51.4 Å². The van der Waals surface area contributed by atoms with Crippen LogP contribution in [0.2, 0.25) is 0 Å². The summed E-state index contributed by atoms with van der Waals surface area (Å²) < 4.78 is 0. The van der Waals surface area contributed by atoms with Gasteiger partial charge < -0.3 is 39.6 Å². The molecule has 0 fully saturated rings. The number of hydrogen-bond donors (Lipinski definition) is 0. The van der Waals surface area contributed by atoms with E-state index in [1.807, 2.05) is 0 Å². The molecule has 0 aromatic carbocycles. The molecule has 9 heteroatoms. The van der Waals surface area contributed by atoms with Crippen molar-refractivity contribution in [2.45, 2.75) is 387 Å². The van der Waals surface area contributed by atoms with Crippen LogP contribution < -0.4 is 20.4 Å². The van der Waals surface area contributed by atoms with Crippen LogP contribution in [0.4, 0.5) is 0 Å². The van der Waals surface area contributed by atoms with Crippen LogP contribution in [-0.4, -0.2) is 47.8 Å². The zero-order valence-electron chi connectivity index (χ0n) is 49.4. The summed E-state index contributed by atoms with van der Waals surface area (Å²) in [5.41, 5.74) is 0. The van der Waals surface area contributed by atoms with E-state index in [2.05, 4.69) is 27.7 Å². The van der Waals surface area contributed by atoms with Gasteiger partial charge in [0.05, 0.1) is 0 Å². The maximum atomic E-state index is 10.2. The first-order valence-corrected chi connectivity index (χ1v) is 31.9. The number of unbranched alkanes of at least 4 members (excludes halogenated alkanes) is 48. The van der Waals surface area contributed by atoms with Crippen LogP contribution in [-0.2, 0) is 19.2 Å². The number of carbonyl (C=O) groups excluding carboxylic acids is 4. The van der Waals surface area contributed by atoms with Gasteiger partial charge in [-0.3, -0.25) is 0 Å². The second-order valence-corrected chi connectivity index (χ2v) is 21.5. The number of carboxylic acid groups (broad SMARTS) is 4. The van der Waals surface area contributed by atoms with Gasteiger partial charge in [0.15, 0.2) is 0 Å². The number of hydrogen-bond acceptors (Lipinski definition) is 8. The molecule has 0 saturated heterocycles. The molecule has 0 saturated carbocycles. The molecule has 0 aliphatic heterocycles. The number of rotatable bonds is 56. The molecule has 0 bridgehead atoms. The Morgan fingerprint density at radius 2 is 0.260 bits per heavy atom. The summed E-state index contributed by atoms with van der Waals surface area (Å²) in [6, 6.07) is 0. The molecule has 0 aliphatic rings. The molecule has 0 N–H and O–H groups in total. The van der Waals surface area contributed by atoms with Crippen LogP contribution in [0.25, 0.3) is 0 Å². The quantitative estimate of drug-likeness (QED) is 0.0430. The molecule has 0 aromatic rings. The molecule has 0 aliphatic carbocycles. The number of aliphatic carboxylic acids is 4. The Hall–Kier alpha value is -1.32. The van der Waals surface area contributed by atoms with Gasteiger partial charge in [0.1, 0.15) is 0 Å². The van der Waals surface area contributed by atoms with Crippen molar-refractivity contribution < 1.29 is 39.6 Å². The summed E-state index contributed by atoms with van der Waals surface area (Å²) in [7, 11) is 0. The molecule has 0 amide bonds. The molecule has 0 rings (SSSR count). The number of carbonyl (C=O) groups is 4. The molecule has 0 aromatic heterocycles. The van der Waals surface area contributed by atoms with E-state index >= 15 is 0 Å². The standard InChI is InChI=1S/4C16H32O2.Sn/c4*1-2-3-4-5-6-7-8-9-10-11-12-13-14-15-16(17)18;/h4*2-15H2,1H3,(H,17,18);/q;;;;+4/p-4. The van der Waals surface area contributed by atoms with Crippen molar-refractivity contribution in [2.75, 3.05) is 0 Å². The molecule has 432 valence electrons. The minimum absolute atomic E-state index is 0. The van der Waals surface area contributed by atoms with Crippen molar-refractivity contribution in [1.82, 2.24) is 0 Å². The number of carboxylic acids is 4. The molecule has 73 heavy (non-hydrogen) atoms. The molecule has 0 atom stereocenters. The smallest absolute Gasteiger partial charge is 0.550 e. The van der Waals surface area contributed by atoms with E-state index in [9.17, 15) is 39.6 Å². The van der Waals surface area contributed by atoms with Crippen LogP contribution in [0.3, 0.4) is 0 Å². The fourth-order valence-corrected chi connectivity index (χ4v) is 9.15. The van der Waals surface area contributed by atoms with Crippen LogP contribution in [0.1, 0.15) is 387 Å². The van der Waals surface area contributed by atoms with Crippen molar-refractivity contribution in [1.29, 1.82) is 0 Å². The SMILES string of the molecule is CCCCCCCCCCCCCCCC(=O)[O-].CCCCCCCCCCCCCCCC(=O)[O-].CCCCCCCCCCCCCCCC(=O)[O-].CCCCCCCCCCCCCCCC(=O)[O-].[Sn+4]. The zero-order valence-corrected chi connectivity index (χ0v) is 52.2. The van der Waals surface area contributed by atoms with Gasteiger partial charge in [0.25, 0.3) is 0 Å². The Balaban J connectivity index is -0.000000280. The first-order chi connectivity index (χ1) is 35.1. The van der Waals surface area contributed by atoms with Crippen molar-refractivity contribution >= 4 is 47.8 Å². The van der Waals surface area contributed by atoms with Gasteiger partial charge in [-0.15, -0.1) is 0 Å². The molecule has 0 radical (unpaired) electrons. The normalized spacial score (nSPS) is 10.6. The molecule has 0 spiro atoms. The molecule has 0 unspecified atom stereocenters. The van der Waals surface area contributed by atoms with E-state index < -0.39 is 23.9 Å². The Kier molecular flexibility index (Phi) is 85.1. The molecular weight excluding hydrogens is 1020 g/mol. The fourth-order valence-electron chi connectivity index (χ4n) is 9.15. The van der Waals surface area contributed by atoms with Gasteiger partial charge in [-0.25, -0.2) is 0 Å². The predicted octanol–water partition coefficient (Wildman–Crippen LogP) is 16.5. The van der Waals surface area contributed by atoms with E-state index in [1.54, 1.807) is 0 Å². The van der Waals surface area contributed by atoms with Crippen molar-refractivity contribution in [3.63, 3.8) is 0 Å². The summed E-state index contributed by atoms with van der Waals surface area (Å²) in [6.07, 6.45) is 67.7. The largest absolute Gasteiger partial charge is 4.00 e. The van der Waals surface area contributed by atoms with Crippen molar-refractivity contribution in [2.24, 2.45) is 0 Å². The van der Waals surface area contributed by atoms with Crippen molar-refractivity contribution in [3.05, 3.63) is 0 Å². The van der Waals surface area contributed by atoms with E-state index in [0.717, 1.165) is 51.4 Å². The Morgan fingerprint density at radius 1 is 0.178 bits per heavy atom. The van der Waals surface area contributed by atoms with Gasteiger partial charge in [-0.2, -0.15) is 0 Å². The zero-order chi connectivity index (χ0) is 53.9. The summed E-state index contributed by atoms with van der Waals surface area (Å²) in [4.78, 5) is 40.8. The van der Waals surface area contributed by atoms with Crippen LogP contribution in [0.5, 0.6) is 0 Å². The first kappa shape index (κ1) is 80.5. The van der Waals surface area contributed by atoms with E-state index in [4.69, 9.17) is 0 Å². The maximum Gasteiger partial charge on any atom is 4.00 e. The van der Waals surface area contributed by atoms with Gasteiger partial charge in [0.2, 0.25) is 0 Å². The second kappa shape index (κ2) is 77.2. The third kappa shape index (κ3) is 96.8. The minimum Gasteiger partial charge on any atom is -0.550 e. The topological polar surface area (TPSA) is 161 Å². The Labute approximate surface area is 472 Å². The van der Waals surface area contributed by atoms with Gasteiger partial charge in [-0.1, -0.05) is 336 Å². The third-order valence-corrected chi connectivity index (χ3v) is 13.9. The molecular formula is C64H124O8Sn. The van der Waals surface area contributed by atoms with Crippen LogP contribution in [0, 0.1) is 0 Å². The predicted molar refractivity (Wildman–Crippen MR) is 307 cm³/mol. The third-order valence-electron chi connectivity index (χ3n) is 13.9. The van der Waals surface area contributed by atoms with E-state index in [-0.39, 0.29) is 49.6 Å². The molecule has 0 heterocycles. The summed E-state index contributed by atoms with van der Waals surface area (Å²) in [5.74, 6) is -3.62. The van der Waals surface area contributed by atoms with E-state index in [1.165, 1.54) is 283 Å². The average molecular weight is 1140 g/mol. The van der Waals surface area contributed by atoms with Crippen molar-refractivity contribution in [3.8, 4) is 0 Å². The van der Waals surface area contributed by atoms with Gasteiger partial charge in [0, 0.05) is 23.9 Å². The Bertz CT molecular complexity index is 879.